The van der Waals surface area contributed by atoms with E-state index in [0.717, 1.165) is 10.8 Å². The molecule has 4 N–H and O–H groups in total. The summed E-state index contributed by atoms with van der Waals surface area (Å²) >= 11 is 0. The summed E-state index contributed by atoms with van der Waals surface area (Å²) in [7, 11) is 0. The quantitative estimate of drug-likeness (QED) is 0.0620. The molecule has 0 unspecified atom stereocenters. The van der Waals surface area contributed by atoms with Crippen molar-refractivity contribution in [3.8, 4) is 23.0 Å². The number of nitro benzene ring substituents is 2. The minimum absolute atomic E-state index is 0. The van der Waals surface area contributed by atoms with Crippen molar-refractivity contribution in [2.24, 2.45) is 20.5 Å². The van der Waals surface area contributed by atoms with Crippen LogP contribution in [0.3, 0.4) is 0 Å². The van der Waals surface area contributed by atoms with Gasteiger partial charge in [-0.3, -0.25) is 20.2 Å². The Morgan fingerprint density at radius 3 is 1.26 bits per heavy atom. The molecule has 16 heteroatoms. The summed E-state index contributed by atoms with van der Waals surface area (Å²) in [6, 6.07) is 26.6. The van der Waals surface area contributed by atoms with Crippen LogP contribution < -0.4 is 29.6 Å². The zero-order valence-electron chi connectivity index (χ0n) is 26.7. The van der Waals surface area contributed by atoms with Crippen LogP contribution in [0.5, 0.6) is 23.0 Å². The van der Waals surface area contributed by atoms with E-state index in [1.54, 1.807) is 50.2 Å². The largest absolute Gasteiger partial charge is 1.00 e. The summed E-state index contributed by atoms with van der Waals surface area (Å²) in [5.41, 5.74) is 0.653. The Morgan fingerprint density at radius 2 is 0.900 bits per heavy atom. The van der Waals surface area contributed by atoms with E-state index in [0.29, 0.717) is 21.9 Å². The number of azo groups is 2. The van der Waals surface area contributed by atoms with Crippen molar-refractivity contribution in [1.29, 1.82) is 0 Å². The third-order valence-corrected chi connectivity index (χ3v) is 7.10. The number of nitro groups is 2. The molecule has 0 bridgehead atoms. The van der Waals surface area contributed by atoms with Crippen LogP contribution in [-0.2, 0) is 16.8 Å². The van der Waals surface area contributed by atoms with Gasteiger partial charge in [-0.2, -0.15) is 0 Å². The molecular weight excluding hydrogens is 702 g/mol. The Morgan fingerprint density at radius 1 is 0.540 bits per heavy atom. The Kier molecular flexibility index (Phi) is 13.1. The standard InChI is InChI=1S/2C17H13N3O4.Co.Na/c2*1-10-8-13(17(22)14(9-10)20(23)24)18-19-16-12-5-3-2-4-11(12)6-7-15(16)21;;/h2*2-9,21-22H,1H3;;/q;;;+1. The third-order valence-electron chi connectivity index (χ3n) is 7.10. The molecule has 0 spiro atoms. The number of hydrogen-bond donors (Lipinski definition) is 4. The molecule has 0 amide bonds. The number of fused-ring (bicyclic) bond motifs is 2. The van der Waals surface area contributed by atoms with Crippen LogP contribution in [-0.4, -0.2) is 30.3 Å². The fraction of sp³-hybridized carbons (Fsp3) is 0.0588. The first-order chi connectivity index (χ1) is 22.9. The number of rotatable bonds is 6. The fourth-order valence-electron chi connectivity index (χ4n) is 4.82. The summed E-state index contributed by atoms with van der Waals surface area (Å²) in [6.07, 6.45) is 0. The molecule has 50 heavy (non-hydrogen) atoms. The van der Waals surface area contributed by atoms with Gasteiger partial charge in [0.1, 0.15) is 34.2 Å². The summed E-state index contributed by atoms with van der Waals surface area (Å²) in [5.74, 6) is -1.26. The van der Waals surface area contributed by atoms with Gasteiger partial charge in [0.05, 0.1) is 9.85 Å². The average molecular weight is 729 g/mol. The van der Waals surface area contributed by atoms with Crippen molar-refractivity contribution < 1.29 is 76.6 Å². The number of nitrogens with zero attached hydrogens (tertiary/aromatic N) is 6. The maximum atomic E-state index is 11.0. The van der Waals surface area contributed by atoms with Crippen LogP contribution in [0.2, 0.25) is 0 Å². The van der Waals surface area contributed by atoms with Gasteiger partial charge in [-0.15, -0.1) is 20.5 Å². The van der Waals surface area contributed by atoms with Gasteiger partial charge in [0.15, 0.2) is 0 Å². The maximum Gasteiger partial charge on any atom is 1.00 e. The van der Waals surface area contributed by atoms with Crippen molar-refractivity contribution in [3.63, 3.8) is 0 Å². The van der Waals surface area contributed by atoms with Gasteiger partial charge in [-0.1, -0.05) is 60.7 Å². The molecule has 0 heterocycles. The predicted octanol–water partition coefficient (Wildman–Crippen LogP) is 6.77. The molecule has 0 atom stereocenters. The molecule has 6 aromatic rings. The van der Waals surface area contributed by atoms with Crippen molar-refractivity contribution in [2.45, 2.75) is 13.8 Å². The van der Waals surface area contributed by atoms with Crippen LogP contribution in [0.15, 0.2) is 118 Å². The molecule has 0 fully saturated rings. The Bertz CT molecular complexity index is 2140. The summed E-state index contributed by atoms with van der Waals surface area (Å²) in [4.78, 5) is 20.6. The van der Waals surface area contributed by atoms with E-state index in [9.17, 15) is 40.7 Å². The van der Waals surface area contributed by atoms with Gasteiger partial charge in [0.25, 0.3) is 0 Å². The van der Waals surface area contributed by atoms with Crippen LogP contribution >= 0.6 is 0 Å². The van der Waals surface area contributed by atoms with Gasteiger partial charge >= 0.3 is 40.9 Å². The maximum absolute atomic E-state index is 11.0. The number of benzene rings is 6. The van der Waals surface area contributed by atoms with Crippen LogP contribution in [0, 0.1) is 34.1 Å². The minimum atomic E-state index is -0.684. The summed E-state index contributed by atoms with van der Waals surface area (Å²) in [6.45, 7) is 3.31. The first kappa shape index (κ1) is 39.0. The second-order valence-electron chi connectivity index (χ2n) is 10.5. The normalized spacial score (nSPS) is 10.8. The Hall–Kier alpha value is -5.45. The number of phenols is 4. The SMILES string of the molecule is Cc1cc(N=Nc2c(O)ccc3ccccc23)c(O)c([N+](=O)[O-])c1.Cc1cc(N=Nc2c(O)ccc3ccccc23)c(O)c([N+](=O)[O-])c1.[Co].[Na+]. The number of aromatic hydroxyl groups is 4. The second kappa shape index (κ2) is 16.8. The first-order valence-electron chi connectivity index (χ1n) is 14.2. The molecular formula is C34H26CoN6NaO8+. The number of aryl methyl sites for hydroxylation is 2. The summed E-state index contributed by atoms with van der Waals surface area (Å²) in [5, 5.41) is 80.9. The van der Waals surface area contributed by atoms with Gasteiger partial charge < -0.3 is 20.4 Å². The fourth-order valence-corrected chi connectivity index (χ4v) is 4.82. The van der Waals surface area contributed by atoms with E-state index >= 15 is 0 Å². The molecule has 6 rings (SSSR count). The van der Waals surface area contributed by atoms with E-state index in [4.69, 9.17) is 0 Å². The Labute approximate surface area is 316 Å². The second-order valence-corrected chi connectivity index (χ2v) is 10.5. The van der Waals surface area contributed by atoms with E-state index in [1.165, 1.54) is 36.4 Å². The molecule has 0 saturated heterocycles. The molecule has 0 saturated carbocycles. The zero-order chi connectivity index (χ0) is 34.5. The molecule has 0 aromatic heterocycles. The molecule has 1 radical (unpaired) electrons. The molecule has 0 aliphatic rings. The number of hydrogen-bond acceptors (Lipinski definition) is 12. The molecule has 249 valence electrons. The van der Waals surface area contributed by atoms with Gasteiger partial charge in [0.2, 0.25) is 11.5 Å². The topological polar surface area (TPSA) is 217 Å². The summed E-state index contributed by atoms with van der Waals surface area (Å²) < 4.78 is 0. The smallest absolute Gasteiger partial charge is 0.506 e. The number of phenolic OH excluding ortho intramolecular Hbond substituents is 4. The third kappa shape index (κ3) is 8.57. The van der Waals surface area contributed by atoms with Crippen molar-refractivity contribution in [3.05, 3.63) is 128 Å². The first-order valence-corrected chi connectivity index (χ1v) is 14.2. The van der Waals surface area contributed by atoms with E-state index < -0.39 is 32.7 Å². The molecule has 0 aliphatic heterocycles. The minimum Gasteiger partial charge on any atom is -0.506 e. The monoisotopic (exact) mass is 728 g/mol. The van der Waals surface area contributed by atoms with Crippen molar-refractivity contribution in [2.75, 3.05) is 0 Å². The molecule has 0 aliphatic carbocycles. The Balaban J connectivity index is 0.000000260. The molecule has 14 nitrogen and oxygen atoms in total. The molecule has 6 aromatic carbocycles. The van der Waals surface area contributed by atoms with E-state index in [1.807, 2.05) is 24.3 Å². The zero-order valence-corrected chi connectivity index (χ0v) is 29.7. The van der Waals surface area contributed by atoms with Crippen LogP contribution in [0.1, 0.15) is 11.1 Å². The van der Waals surface area contributed by atoms with E-state index in [-0.39, 0.29) is 80.6 Å². The van der Waals surface area contributed by atoms with Gasteiger partial charge in [-0.05, 0) is 60.0 Å². The van der Waals surface area contributed by atoms with Crippen LogP contribution in [0.4, 0.5) is 34.1 Å². The van der Waals surface area contributed by atoms with Crippen molar-refractivity contribution in [1.82, 2.24) is 0 Å². The van der Waals surface area contributed by atoms with E-state index in [2.05, 4.69) is 20.5 Å². The van der Waals surface area contributed by atoms with Crippen LogP contribution in [0.25, 0.3) is 21.5 Å². The predicted molar refractivity (Wildman–Crippen MR) is 179 cm³/mol. The van der Waals surface area contributed by atoms with Gasteiger partial charge in [-0.25, -0.2) is 0 Å². The van der Waals surface area contributed by atoms with Crippen molar-refractivity contribution >= 4 is 55.7 Å². The van der Waals surface area contributed by atoms with Gasteiger partial charge in [0, 0.05) is 39.7 Å². The average Bonchev–Trinajstić information content (AvgIpc) is 3.06.